The molecule has 1 fully saturated rings. The van der Waals surface area contributed by atoms with E-state index in [4.69, 9.17) is 16.0 Å². The molecule has 0 saturated carbocycles. The molecule has 7 nitrogen and oxygen atoms in total. The van der Waals surface area contributed by atoms with E-state index in [1.807, 2.05) is 18.2 Å². The lowest BCUT2D eigenvalue weighted by molar-refractivity contribution is -0.123. The monoisotopic (exact) mass is 390 g/mol. The van der Waals surface area contributed by atoms with Gasteiger partial charge in [-0.25, -0.2) is 0 Å². The van der Waals surface area contributed by atoms with Crippen molar-refractivity contribution >= 4 is 29.1 Å². The summed E-state index contributed by atoms with van der Waals surface area (Å²) in [7, 11) is 0. The van der Waals surface area contributed by atoms with Crippen molar-refractivity contribution in [1.82, 2.24) is 15.1 Å². The number of hydrogen-bond acceptors (Lipinski definition) is 5. The Kier molecular flexibility index (Phi) is 6.86. The average molecular weight is 391 g/mol. The molecule has 0 bridgehead atoms. The van der Waals surface area contributed by atoms with E-state index >= 15 is 0 Å². The van der Waals surface area contributed by atoms with Crippen LogP contribution in [0.4, 0.5) is 5.69 Å². The number of nitrogens with one attached hydrogen (secondary N) is 2. The first-order chi connectivity index (χ1) is 13.1. The second kappa shape index (κ2) is 9.55. The normalized spacial score (nSPS) is 15.4. The molecule has 3 rings (SSSR count). The SMILES string of the molecule is O=C(CN1CCN(CC(=O)Nc2ccccc2Cl)CC1)NCc1ccco1. The fraction of sp³-hybridized carbons (Fsp3) is 0.368. The predicted molar refractivity (Wildman–Crippen MR) is 104 cm³/mol. The number of amides is 2. The molecular weight excluding hydrogens is 368 g/mol. The first-order valence-electron chi connectivity index (χ1n) is 8.88. The fourth-order valence-corrected chi connectivity index (χ4v) is 3.10. The molecule has 0 atom stereocenters. The van der Waals surface area contributed by atoms with Crippen molar-refractivity contribution in [2.45, 2.75) is 6.54 Å². The van der Waals surface area contributed by atoms with Crippen LogP contribution in [0.1, 0.15) is 5.76 Å². The minimum Gasteiger partial charge on any atom is -0.467 e. The number of hydrogen-bond donors (Lipinski definition) is 2. The van der Waals surface area contributed by atoms with Crippen LogP contribution in [0.25, 0.3) is 0 Å². The number of piperazine rings is 1. The van der Waals surface area contributed by atoms with Gasteiger partial charge < -0.3 is 15.1 Å². The van der Waals surface area contributed by atoms with Crippen LogP contribution < -0.4 is 10.6 Å². The molecule has 144 valence electrons. The van der Waals surface area contributed by atoms with Crippen LogP contribution >= 0.6 is 11.6 Å². The number of para-hydroxylation sites is 1. The van der Waals surface area contributed by atoms with Crippen molar-refractivity contribution in [3.63, 3.8) is 0 Å². The third kappa shape index (κ3) is 6.09. The van der Waals surface area contributed by atoms with Gasteiger partial charge in [-0.05, 0) is 24.3 Å². The molecule has 2 amide bonds. The Balaban J connectivity index is 1.35. The standard InChI is InChI=1S/C19H23ClN4O3/c20-16-5-1-2-6-17(16)22-19(26)14-24-9-7-23(8-10-24)13-18(25)21-12-15-4-3-11-27-15/h1-6,11H,7-10,12-14H2,(H,21,25)(H,22,26). The summed E-state index contributed by atoms with van der Waals surface area (Å²) in [6, 6.07) is 10.8. The Morgan fingerprint density at radius 3 is 2.26 bits per heavy atom. The Labute approximate surface area is 163 Å². The van der Waals surface area contributed by atoms with E-state index in [1.165, 1.54) is 0 Å². The number of anilines is 1. The van der Waals surface area contributed by atoms with E-state index in [-0.39, 0.29) is 11.8 Å². The summed E-state index contributed by atoms with van der Waals surface area (Å²) < 4.78 is 5.19. The molecule has 0 aliphatic carbocycles. The molecule has 1 saturated heterocycles. The Morgan fingerprint density at radius 2 is 1.63 bits per heavy atom. The molecule has 2 heterocycles. The topological polar surface area (TPSA) is 77.8 Å². The Bertz CT molecular complexity index is 758. The highest BCUT2D eigenvalue weighted by Gasteiger charge is 2.20. The van der Waals surface area contributed by atoms with Gasteiger partial charge in [0.05, 0.1) is 36.6 Å². The summed E-state index contributed by atoms with van der Waals surface area (Å²) in [5.41, 5.74) is 0.621. The second-order valence-corrected chi connectivity index (χ2v) is 6.84. The number of carbonyl (C=O) groups excluding carboxylic acids is 2. The zero-order chi connectivity index (χ0) is 19.1. The van der Waals surface area contributed by atoms with Crippen LogP contribution in [0.5, 0.6) is 0 Å². The maximum absolute atomic E-state index is 12.2. The molecule has 1 aromatic carbocycles. The van der Waals surface area contributed by atoms with Crippen molar-refractivity contribution in [3.05, 3.63) is 53.4 Å². The maximum Gasteiger partial charge on any atom is 0.238 e. The summed E-state index contributed by atoms with van der Waals surface area (Å²) >= 11 is 6.06. The van der Waals surface area contributed by atoms with Crippen LogP contribution in [0.15, 0.2) is 47.1 Å². The number of benzene rings is 1. The quantitative estimate of drug-likeness (QED) is 0.753. The third-order valence-electron chi connectivity index (χ3n) is 4.39. The molecule has 1 aliphatic heterocycles. The lowest BCUT2D eigenvalue weighted by atomic mass is 10.3. The van der Waals surface area contributed by atoms with Gasteiger partial charge in [0.2, 0.25) is 11.8 Å². The lowest BCUT2D eigenvalue weighted by Crippen LogP contribution is -2.50. The minimum atomic E-state index is -0.0901. The van der Waals surface area contributed by atoms with Gasteiger partial charge in [-0.1, -0.05) is 23.7 Å². The first-order valence-corrected chi connectivity index (χ1v) is 9.26. The van der Waals surface area contributed by atoms with Crippen molar-refractivity contribution in [1.29, 1.82) is 0 Å². The van der Waals surface area contributed by atoms with Crippen LogP contribution in [0.2, 0.25) is 5.02 Å². The smallest absolute Gasteiger partial charge is 0.238 e. The van der Waals surface area contributed by atoms with Gasteiger partial charge in [-0.15, -0.1) is 0 Å². The van der Waals surface area contributed by atoms with E-state index < -0.39 is 0 Å². The van der Waals surface area contributed by atoms with Crippen molar-refractivity contribution in [3.8, 4) is 0 Å². The van der Waals surface area contributed by atoms with Crippen molar-refractivity contribution < 1.29 is 14.0 Å². The van der Waals surface area contributed by atoms with Gasteiger partial charge in [-0.2, -0.15) is 0 Å². The minimum absolute atomic E-state index is 0.0312. The maximum atomic E-state index is 12.2. The highest BCUT2D eigenvalue weighted by atomic mass is 35.5. The number of carbonyl (C=O) groups is 2. The molecule has 1 aromatic heterocycles. The summed E-state index contributed by atoms with van der Waals surface area (Å²) in [5, 5.41) is 6.20. The number of halogens is 1. The van der Waals surface area contributed by atoms with Gasteiger partial charge in [0.25, 0.3) is 0 Å². The summed E-state index contributed by atoms with van der Waals surface area (Å²) in [6.45, 7) is 4.02. The molecule has 1 aliphatic rings. The molecule has 0 spiro atoms. The first kappa shape index (κ1) is 19.4. The highest BCUT2D eigenvalue weighted by Crippen LogP contribution is 2.20. The van der Waals surface area contributed by atoms with Crippen LogP contribution in [-0.2, 0) is 16.1 Å². The predicted octanol–water partition coefficient (Wildman–Crippen LogP) is 1.81. The van der Waals surface area contributed by atoms with Crippen LogP contribution in [0, 0.1) is 0 Å². The van der Waals surface area contributed by atoms with Crippen LogP contribution in [0.3, 0.4) is 0 Å². The largest absolute Gasteiger partial charge is 0.467 e. The zero-order valence-corrected chi connectivity index (χ0v) is 15.7. The van der Waals surface area contributed by atoms with Gasteiger partial charge in [0.1, 0.15) is 5.76 Å². The Morgan fingerprint density at radius 1 is 0.963 bits per heavy atom. The van der Waals surface area contributed by atoms with E-state index in [9.17, 15) is 9.59 Å². The third-order valence-corrected chi connectivity index (χ3v) is 4.72. The fourth-order valence-electron chi connectivity index (χ4n) is 2.92. The summed E-state index contributed by atoms with van der Waals surface area (Å²) in [6.07, 6.45) is 1.59. The van der Waals surface area contributed by atoms with Crippen LogP contribution in [-0.4, -0.2) is 60.9 Å². The van der Waals surface area contributed by atoms with E-state index in [0.717, 1.165) is 31.9 Å². The van der Waals surface area contributed by atoms with Gasteiger partial charge in [0, 0.05) is 26.2 Å². The second-order valence-electron chi connectivity index (χ2n) is 6.44. The molecule has 2 aromatic rings. The zero-order valence-electron chi connectivity index (χ0n) is 15.0. The van der Waals surface area contributed by atoms with Gasteiger partial charge >= 0.3 is 0 Å². The lowest BCUT2D eigenvalue weighted by Gasteiger charge is -2.33. The molecule has 2 N–H and O–H groups in total. The van der Waals surface area contributed by atoms with E-state index in [2.05, 4.69) is 20.4 Å². The Hall–Kier alpha value is -2.35. The molecule has 8 heteroatoms. The van der Waals surface area contributed by atoms with E-state index in [0.29, 0.717) is 30.3 Å². The highest BCUT2D eigenvalue weighted by molar-refractivity contribution is 6.33. The van der Waals surface area contributed by atoms with Crippen molar-refractivity contribution in [2.75, 3.05) is 44.6 Å². The van der Waals surface area contributed by atoms with E-state index in [1.54, 1.807) is 24.5 Å². The molecule has 27 heavy (non-hydrogen) atoms. The molecule has 0 radical (unpaired) electrons. The molecular formula is C19H23ClN4O3. The van der Waals surface area contributed by atoms with Gasteiger partial charge in [-0.3, -0.25) is 19.4 Å². The number of rotatable bonds is 7. The van der Waals surface area contributed by atoms with Gasteiger partial charge in [0.15, 0.2) is 0 Å². The summed E-state index contributed by atoms with van der Waals surface area (Å²) in [5.74, 6) is 0.613. The average Bonchev–Trinajstić information content (AvgIpc) is 3.17. The molecule has 0 unspecified atom stereocenters. The number of furan rings is 1. The number of nitrogens with zero attached hydrogens (tertiary/aromatic N) is 2. The van der Waals surface area contributed by atoms with Crippen molar-refractivity contribution in [2.24, 2.45) is 0 Å². The summed E-state index contributed by atoms with van der Waals surface area (Å²) in [4.78, 5) is 28.4.